The molecular formula is CH3ClNOP. The van der Waals surface area contributed by atoms with Crippen LogP contribution in [0.2, 0.25) is 0 Å². The molecule has 0 rings (SSSR count). The third-order valence-electron chi connectivity index (χ3n) is 0.157. The average molecular weight is 111 g/mol. The van der Waals surface area contributed by atoms with Crippen LogP contribution in [0.4, 0.5) is 0 Å². The van der Waals surface area contributed by atoms with E-state index < -0.39 is 7.29 Å². The van der Waals surface area contributed by atoms with Crippen LogP contribution in [0.5, 0.6) is 0 Å². The molecule has 0 spiro atoms. The molecule has 0 aromatic heterocycles. The molecule has 0 aromatic carbocycles. The van der Waals surface area contributed by atoms with E-state index in [4.69, 9.17) is 11.2 Å². The second kappa shape index (κ2) is 2.58. The Labute approximate surface area is 36.1 Å². The summed E-state index contributed by atoms with van der Waals surface area (Å²) >= 11 is 4.80. The maximum absolute atomic E-state index is 9.56. The van der Waals surface area contributed by atoms with Gasteiger partial charge in [-0.3, -0.25) is 0 Å². The molecule has 0 aliphatic heterocycles. The standard InChI is InChI=1S/CH3ClNOP/c1-3-5(2)4/h1H3. The van der Waals surface area contributed by atoms with Gasteiger partial charge in [-0.2, -0.15) is 0 Å². The Morgan fingerprint density at radius 2 is 2.20 bits per heavy atom. The Bertz CT molecular complexity index is 49.6. The van der Waals surface area contributed by atoms with Crippen molar-refractivity contribution in [2.75, 3.05) is 7.05 Å². The van der Waals surface area contributed by atoms with Crippen LogP contribution in [0.25, 0.3) is 0 Å². The molecule has 0 N–H and O–H groups in total. The summed E-state index contributed by atoms with van der Waals surface area (Å²) in [5, 5.41) is 0. The molecule has 0 bridgehead atoms. The monoisotopic (exact) mass is 111 g/mol. The van der Waals surface area contributed by atoms with Crippen molar-refractivity contribution in [3.05, 3.63) is 0 Å². The SMILES string of the molecule is CN=[P+]([O-])Cl. The van der Waals surface area contributed by atoms with Crippen LogP contribution < -0.4 is 4.89 Å². The molecule has 0 saturated heterocycles. The molecule has 0 heterocycles. The van der Waals surface area contributed by atoms with Crippen LogP contribution in [-0.2, 0) is 0 Å². The minimum Gasteiger partial charge on any atom is -0.596 e. The van der Waals surface area contributed by atoms with E-state index in [0.717, 1.165) is 0 Å². The lowest BCUT2D eigenvalue weighted by Crippen LogP contribution is -1.74. The highest BCUT2D eigenvalue weighted by molar-refractivity contribution is 7.69. The van der Waals surface area contributed by atoms with Crippen molar-refractivity contribution < 1.29 is 4.89 Å². The van der Waals surface area contributed by atoms with Gasteiger partial charge in [-0.1, -0.05) is 4.74 Å². The van der Waals surface area contributed by atoms with Crippen LogP contribution in [0, 0.1) is 0 Å². The topological polar surface area (TPSA) is 35.4 Å². The van der Waals surface area contributed by atoms with E-state index in [-0.39, 0.29) is 0 Å². The zero-order valence-corrected chi connectivity index (χ0v) is 4.33. The molecule has 1 unspecified atom stereocenters. The van der Waals surface area contributed by atoms with E-state index in [1.165, 1.54) is 7.05 Å². The molecule has 0 amide bonds. The third-order valence-corrected chi connectivity index (χ3v) is 0.925. The third kappa shape index (κ3) is 4.35. The summed E-state index contributed by atoms with van der Waals surface area (Å²) in [7, 11) is -0.343. The summed E-state index contributed by atoms with van der Waals surface area (Å²) in [4.78, 5) is 9.56. The van der Waals surface area contributed by atoms with Gasteiger partial charge < -0.3 is 4.89 Å². The lowest BCUT2D eigenvalue weighted by molar-refractivity contribution is -0.150. The van der Waals surface area contributed by atoms with Crippen molar-refractivity contribution in [1.29, 1.82) is 0 Å². The Morgan fingerprint density at radius 3 is 2.20 bits per heavy atom. The van der Waals surface area contributed by atoms with Crippen molar-refractivity contribution >= 4 is 18.5 Å². The number of hydrogen-bond donors (Lipinski definition) is 0. The number of rotatable bonds is 0. The van der Waals surface area contributed by atoms with Crippen molar-refractivity contribution in [2.24, 2.45) is 4.74 Å². The van der Waals surface area contributed by atoms with E-state index in [1.807, 2.05) is 0 Å². The fourth-order valence-electron chi connectivity index (χ4n) is 0. The minimum absolute atomic E-state index is 1.41. The molecule has 0 aromatic rings. The molecule has 1 atom stereocenters. The second-order valence-electron chi connectivity index (χ2n) is 0.426. The zero-order chi connectivity index (χ0) is 4.28. The Balaban J connectivity index is 3.14. The summed E-state index contributed by atoms with van der Waals surface area (Å²) in [6.07, 6.45) is 0. The fraction of sp³-hybridized carbons (Fsp3) is 1.00. The van der Waals surface area contributed by atoms with E-state index in [2.05, 4.69) is 4.74 Å². The Hall–Kier alpha value is 0.350. The summed E-state index contributed by atoms with van der Waals surface area (Å²) in [5.74, 6) is 0. The first-order valence-corrected chi connectivity index (χ1v) is 3.12. The van der Waals surface area contributed by atoms with Crippen LogP contribution >= 0.6 is 18.5 Å². The summed E-state index contributed by atoms with van der Waals surface area (Å²) in [6, 6.07) is 0. The van der Waals surface area contributed by atoms with Gasteiger partial charge >= 0.3 is 0 Å². The van der Waals surface area contributed by atoms with Gasteiger partial charge in [0.2, 0.25) is 0 Å². The van der Waals surface area contributed by atoms with Crippen LogP contribution in [0.1, 0.15) is 0 Å². The molecular weight excluding hydrogens is 108 g/mol. The summed E-state index contributed by atoms with van der Waals surface area (Å²) in [5.41, 5.74) is 0. The smallest absolute Gasteiger partial charge is 0.285 e. The van der Waals surface area contributed by atoms with E-state index >= 15 is 0 Å². The molecule has 4 heteroatoms. The van der Waals surface area contributed by atoms with Crippen LogP contribution in [0.3, 0.4) is 0 Å². The highest BCUT2D eigenvalue weighted by Crippen LogP contribution is 2.16. The average Bonchev–Trinajstić information content (AvgIpc) is 1.38. The van der Waals surface area contributed by atoms with E-state index in [0.29, 0.717) is 0 Å². The van der Waals surface area contributed by atoms with Crippen LogP contribution in [0.15, 0.2) is 4.74 Å². The molecule has 0 saturated carbocycles. The number of nitrogens with zero attached hydrogens (tertiary/aromatic N) is 1. The molecule has 5 heavy (non-hydrogen) atoms. The van der Waals surface area contributed by atoms with E-state index in [9.17, 15) is 4.89 Å². The van der Waals surface area contributed by atoms with Gasteiger partial charge in [-0.15, -0.1) is 0 Å². The van der Waals surface area contributed by atoms with Gasteiger partial charge in [0.05, 0.1) is 7.05 Å². The lowest BCUT2D eigenvalue weighted by atomic mass is 11.6. The normalized spacial score (nSPS) is 12.2. The highest BCUT2D eigenvalue weighted by Gasteiger charge is 1.75. The van der Waals surface area contributed by atoms with Gasteiger partial charge in [-0.05, 0) is 0 Å². The molecule has 0 aliphatic rings. The van der Waals surface area contributed by atoms with Gasteiger partial charge in [0.25, 0.3) is 7.29 Å². The molecule has 0 fully saturated rings. The Morgan fingerprint density at radius 1 is 2.00 bits per heavy atom. The minimum atomic E-state index is -1.75. The molecule has 2 nitrogen and oxygen atoms in total. The first kappa shape index (κ1) is 5.35. The fourth-order valence-corrected chi connectivity index (χ4v) is 0. The predicted octanol–water partition coefficient (Wildman–Crippen LogP) is 0.711. The number of hydrogen-bond acceptors (Lipinski definition) is 2. The lowest BCUT2D eigenvalue weighted by Gasteiger charge is -1.68. The highest BCUT2D eigenvalue weighted by atomic mass is 35.7. The zero-order valence-electron chi connectivity index (χ0n) is 2.68. The summed E-state index contributed by atoms with van der Waals surface area (Å²) in [6.45, 7) is 0. The first-order valence-electron chi connectivity index (χ1n) is 0.999. The van der Waals surface area contributed by atoms with Crippen molar-refractivity contribution in [3.8, 4) is 0 Å². The van der Waals surface area contributed by atoms with Gasteiger partial charge in [0.15, 0.2) is 11.2 Å². The van der Waals surface area contributed by atoms with Crippen molar-refractivity contribution in [3.63, 3.8) is 0 Å². The maximum Gasteiger partial charge on any atom is 0.285 e. The predicted molar refractivity (Wildman–Crippen MR) is 21.1 cm³/mol. The second-order valence-corrected chi connectivity index (χ2v) is 2.15. The van der Waals surface area contributed by atoms with Crippen molar-refractivity contribution in [1.82, 2.24) is 0 Å². The van der Waals surface area contributed by atoms with Gasteiger partial charge in [-0.25, -0.2) is 0 Å². The number of halogens is 1. The first-order chi connectivity index (χ1) is 2.27. The van der Waals surface area contributed by atoms with Crippen LogP contribution in [-0.4, -0.2) is 7.05 Å². The quantitative estimate of drug-likeness (QED) is 0.424. The van der Waals surface area contributed by atoms with Gasteiger partial charge in [0, 0.05) is 0 Å². The van der Waals surface area contributed by atoms with E-state index in [1.54, 1.807) is 0 Å². The maximum atomic E-state index is 9.56. The largest absolute Gasteiger partial charge is 0.596 e. The van der Waals surface area contributed by atoms with Crippen molar-refractivity contribution in [2.45, 2.75) is 0 Å². The molecule has 30 valence electrons. The Kier molecular flexibility index (Phi) is 2.76. The molecule has 0 aliphatic carbocycles. The molecule has 0 radical (unpaired) electrons. The summed E-state index contributed by atoms with van der Waals surface area (Å²) < 4.78 is 3.16. The van der Waals surface area contributed by atoms with Gasteiger partial charge in [0.1, 0.15) is 0 Å².